The summed E-state index contributed by atoms with van der Waals surface area (Å²) in [6, 6.07) is 5.48. The summed E-state index contributed by atoms with van der Waals surface area (Å²) in [6.45, 7) is 12.3. The molecule has 376 valence electrons. The summed E-state index contributed by atoms with van der Waals surface area (Å²) in [5, 5.41) is 26.8. The van der Waals surface area contributed by atoms with Gasteiger partial charge in [0.2, 0.25) is 5.60 Å². The minimum Gasteiger partial charge on any atom is -0.468 e. The first-order valence-corrected chi connectivity index (χ1v) is 26.8. The molecular weight excluding hydrogens is 895 g/mol. The molecule has 2 bridgehead atoms. The Morgan fingerprint density at radius 3 is 2.43 bits per heavy atom. The maximum Gasteiger partial charge on any atom is 0.344 e. The highest BCUT2D eigenvalue weighted by Gasteiger charge is 2.81. The van der Waals surface area contributed by atoms with E-state index >= 15 is 4.79 Å². The summed E-state index contributed by atoms with van der Waals surface area (Å²) in [5.74, 6) is -1.51. The summed E-state index contributed by atoms with van der Waals surface area (Å²) in [5.41, 5.74) is -1.80. The lowest BCUT2D eigenvalue weighted by Gasteiger charge is -2.63. The second-order valence-corrected chi connectivity index (χ2v) is 23.0. The van der Waals surface area contributed by atoms with Gasteiger partial charge < -0.3 is 43.9 Å². The molecule has 6 aliphatic heterocycles. The fraction of sp³-hybridized carbons (Fsp3) is 0.685. The van der Waals surface area contributed by atoms with Gasteiger partial charge in [-0.3, -0.25) is 19.4 Å². The Balaban J connectivity index is 1.16. The Morgan fingerprint density at radius 2 is 1.72 bits per heavy atom. The summed E-state index contributed by atoms with van der Waals surface area (Å²) in [4.78, 5) is 58.0. The number of hydrogen-bond acceptors (Lipinski definition) is 14. The molecule has 7 heterocycles. The molecule has 1 saturated carbocycles. The Morgan fingerprint density at radius 1 is 0.942 bits per heavy atom. The molecule has 5 fully saturated rings. The molecule has 4 saturated heterocycles. The number of thioether (sulfide) groups is 1. The minimum atomic E-state index is -2.29. The van der Waals surface area contributed by atoms with Crippen LogP contribution in [0, 0.1) is 22.7 Å². The smallest absolute Gasteiger partial charge is 0.344 e. The van der Waals surface area contributed by atoms with E-state index in [9.17, 15) is 19.8 Å². The van der Waals surface area contributed by atoms with Crippen LogP contribution in [0.15, 0.2) is 58.7 Å². The molecule has 1 spiro atoms. The first-order valence-electron chi connectivity index (χ1n) is 25.8. The molecule has 1 aromatic heterocycles. The zero-order chi connectivity index (χ0) is 48.7. The SMILES string of the molecule is CC[C@]1(O)C[C@H]2CN(CCc3c([nH]c4ccc(SCCCN5CCCCC5)cc34)[C@@](C(=O)OC)(C3C=C4C(=CC3OC)N(C)[C@H]3[C@@](O)(C(=O)OC)[C@H](OC(C)=O)[C@]5(CC)C=CCN6CC[C@]43[C@@H]65)C2)C1. The number of methoxy groups -OCH3 is 3. The molecular formula is C54H75N5O9S. The fourth-order valence-electron chi connectivity index (χ4n) is 15.7. The van der Waals surface area contributed by atoms with Crippen LogP contribution < -0.4 is 0 Å². The number of fused-ring (bicyclic) bond motifs is 6. The third-order valence-electron chi connectivity index (χ3n) is 18.4. The number of likely N-dealkylation sites (N-methyl/N-ethyl adjacent to an activating group) is 1. The van der Waals surface area contributed by atoms with Gasteiger partial charge in [-0.15, -0.1) is 11.8 Å². The molecule has 2 aliphatic carbocycles. The average molecular weight is 970 g/mol. The summed E-state index contributed by atoms with van der Waals surface area (Å²) >= 11 is 1.89. The molecule has 3 unspecified atom stereocenters. The number of aliphatic hydroxyl groups is 2. The second-order valence-electron chi connectivity index (χ2n) is 21.8. The number of esters is 3. The van der Waals surface area contributed by atoms with E-state index in [1.807, 2.05) is 37.6 Å². The van der Waals surface area contributed by atoms with Gasteiger partial charge in [0.05, 0.1) is 32.0 Å². The molecule has 15 heteroatoms. The standard InChI is InChI=1S/C54H75N5O9S/c1-8-50(63)30-35-31-53(48(61)66-6,44-37(17-24-58(32-35)33-50)38-27-36(15-16-41(38)55-44)69-26-14-22-57-20-11-10-12-21-57)40-28-39-42(29-43(40)65-5)56(4)46-52(39)19-25-59-23-13-18-51(9-2,45(52)59)47(68-34(3)60)54(46,64)49(62)67-7/h13,15-16,18,27-29,35,40,43,45-47,55,63-64H,8-12,14,17,19-26,30-33H2,1-7H3/t35-,40?,43?,45+,46-,47-,50+,51-,52-,53+,54+/m1/s1. The number of aromatic nitrogens is 1. The molecule has 10 rings (SSSR count). The quantitative estimate of drug-likeness (QED) is 0.0794. The van der Waals surface area contributed by atoms with Gasteiger partial charge in [0.15, 0.2) is 6.10 Å². The number of benzene rings is 1. The highest BCUT2D eigenvalue weighted by molar-refractivity contribution is 7.99. The summed E-state index contributed by atoms with van der Waals surface area (Å²) < 4.78 is 24.5. The normalized spacial score (nSPS) is 38.4. The Hall–Kier alpha value is -3.70. The number of aromatic amines is 1. The van der Waals surface area contributed by atoms with Gasteiger partial charge in [0.1, 0.15) is 5.41 Å². The summed E-state index contributed by atoms with van der Waals surface area (Å²) in [7, 11) is 6.34. The van der Waals surface area contributed by atoms with Gasteiger partial charge >= 0.3 is 17.9 Å². The number of likely N-dealkylation sites (tertiary alicyclic amines) is 2. The fourth-order valence-corrected chi connectivity index (χ4v) is 16.6. The summed E-state index contributed by atoms with van der Waals surface area (Å²) in [6.07, 6.45) is 14.9. The zero-order valence-corrected chi connectivity index (χ0v) is 42.7. The third-order valence-corrected chi connectivity index (χ3v) is 19.5. The molecule has 69 heavy (non-hydrogen) atoms. The number of nitrogens with zero attached hydrogens (tertiary/aromatic N) is 4. The zero-order valence-electron chi connectivity index (χ0n) is 41.9. The van der Waals surface area contributed by atoms with Crippen LogP contribution in [0.1, 0.15) is 89.8 Å². The predicted molar refractivity (Wildman–Crippen MR) is 265 cm³/mol. The Bertz CT molecular complexity index is 2430. The van der Waals surface area contributed by atoms with E-state index in [1.54, 1.807) is 7.11 Å². The van der Waals surface area contributed by atoms with Crippen LogP contribution in [0.4, 0.5) is 0 Å². The van der Waals surface area contributed by atoms with Gasteiger partial charge in [0, 0.05) is 97.2 Å². The van der Waals surface area contributed by atoms with Crippen molar-refractivity contribution in [3.63, 3.8) is 0 Å². The number of allylic oxidation sites excluding steroid dienone is 1. The van der Waals surface area contributed by atoms with Crippen LogP contribution in [0.2, 0.25) is 0 Å². The second kappa shape index (κ2) is 18.4. The number of piperidine rings is 2. The van der Waals surface area contributed by atoms with Crippen molar-refractivity contribution in [2.75, 3.05) is 86.5 Å². The maximum atomic E-state index is 15.7. The molecule has 1 aromatic carbocycles. The number of carbonyl (C=O) groups is 3. The molecule has 3 N–H and O–H groups in total. The molecule has 12 atom stereocenters. The van der Waals surface area contributed by atoms with E-state index in [0.717, 1.165) is 65.2 Å². The van der Waals surface area contributed by atoms with E-state index in [4.69, 9.17) is 18.9 Å². The lowest BCUT2D eigenvalue weighted by Crippen LogP contribution is -2.79. The van der Waals surface area contributed by atoms with Crippen molar-refractivity contribution in [3.05, 3.63) is 65.0 Å². The lowest BCUT2D eigenvalue weighted by molar-refractivity contribution is -0.243. The van der Waals surface area contributed by atoms with E-state index in [1.165, 1.54) is 58.4 Å². The van der Waals surface area contributed by atoms with E-state index in [0.29, 0.717) is 58.2 Å². The molecule has 8 aliphatic rings. The highest BCUT2D eigenvalue weighted by Crippen LogP contribution is 2.70. The van der Waals surface area contributed by atoms with E-state index in [2.05, 4.69) is 62.2 Å². The third kappa shape index (κ3) is 7.43. The van der Waals surface area contributed by atoms with Crippen molar-refractivity contribution in [1.82, 2.24) is 24.6 Å². The van der Waals surface area contributed by atoms with E-state index < -0.39 is 63.6 Å². The minimum absolute atomic E-state index is 0.0774. The van der Waals surface area contributed by atoms with Gasteiger partial charge in [0.25, 0.3) is 0 Å². The maximum absolute atomic E-state index is 15.7. The Kier molecular flexibility index (Phi) is 13.0. The number of nitrogens with one attached hydrogen (secondary N) is 1. The molecule has 2 aromatic rings. The van der Waals surface area contributed by atoms with Crippen molar-refractivity contribution >= 4 is 40.6 Å². The molecule has 14 nitrogen and oxygen atoms in total. The number of H-pyrrole nitrogens is 1. The van der Waals surface area contributed by atoms with Crippen LogP contribution in [0.3, 0.4) is 0 Å². The predicted octanol–water partition coefficient (Wildman–Crippen LogP) is 5.60. The van der Waals surface area contributed by atoms with Crippen molar-refractivity contribution in [1.29, 1.82) is 0 Å². The number of hydrogen-bond donors (Lipinski definition) is 3. The van der Waals surface area contributed by atoms with Crippen LogP contribution in [0.25, 0.3) is 10.9 Å². The van der Waals surface area contributed by atoms with Gasteiger partial charge in [-0.2, -0.15) is 0 Å². The van der Waals surface area contributed by atoms with Crippen molar-refractivity contribution in [2.24, 2.45) is 22.7 Å². The van der Waals surface area contributed by atoms with Crippen LogP contribution >= 0.6 is 11.8 Å². The monoisotopic (exact) mass is 970 g/mol. The molecule has 0 amide bonds. The van der Waals surface area contributed by atoms with Crippen molar-refractivity contribution in [3.8, 4) is 0 Å². The lowest BCUT2D eigenvalue weighted by atomic mass is 9.47. The number of ether oxygens (including phenoxy) is 4. The van der Waals surface area contributed by atoms with Crippen LogP contribution in [-0.2, 0) is 45.2 Å². The van der Waals surface area contributed by atoms with Gasteiger partial charge in [-0.05, 0) is 131 Å². The van der Waals surface area contributed by atoms with Crippen molar-refractivity contribution in [2.45, 2.75) is 131 Å². The Labute approximate surface area is 412 Å². The van der Waals surface area contributed by atoms with Gasteiger partial charge in [-0.1, -0.05) is 38.5 Å². The van der Waals surface area contributed by atoms with Crippen molar-refractivity contribution < 1.29 is 43.5 Å². The van der Waals surface area contributed by atoms with Crippen LogP contribution in [-0.4, -0.2) is 175 Å². The number of rotatable bonds is 12. The first-order chi connectivity index (χ1) is 33.2. The largest absolute Gasteiger partial charge is 0.468 e. The topological polar surface area (TPSA) is 157 Å². The first kappa shape index (κ1) is 48.9. The molecule has 0 radical (unpaired) electrons. The number of carbonyl (C=O) groups excluding carboxylic acids is 3. The average Bonchev–Trinajstić information content (AvgIpc) is 4.01. The van der Waals surface area contributed by atoms with Crippen LogP contribution in [0.5, 0.6) is 0 Å². The van der Waals surface area contributed by atoms with E-state index in [-0.39, 0.29) is 17.9 Å². The highest BCUT2D eigenvalue weighted by atomic mass is 32.2. The van der Waals surface area contributed by atoms with Gasteiger partial charge in [-0.25, -0.2) is 4.79 Å².